The second-order valence-corrected chi connectivity index (χ2v) is 1.71. The summed E-state index contributed by atoms with van der Waals surface area (Å²) >= 11 is 0. The Kier molecular flexibility index (Phi) is 6.22. The predicted octanol–water partition coefficient (Wildman–Crippen LogP) is 0.875. The molecule has 0 fully saturated rings. The van der Waals surface area contributed by atoms with Crippen molar-refractivity contribution in [2.75, 3.05) is 13.7 Å². The summed E-state index contributed by atoms with van der Waals surface area (Å²) in [6.45, 7) is 2.78. The van der Waals surface area contributed by atoms with Crippen molar-refractivity contribution in [3.05, 3.63) is 18.0 Å². The first kappa shape index (κ1) is 9.84. The first-order chi connectivity index (χ1) is 5.35. The number of carbonyl (C=O) groups excluding carboxylic acids is 1. The Hall–Kier alpha value is -1.16. The van der Waals surface area contributed by atoms with E-state index in [1.165, 1.54) is 6.20 Å². The van der Waals surface area contributed by atoms with Crippen molar-refractivity contribution in [3.63, 3.8) is 0 Å². The van der Waals surface area contributed by atoms with Crippen molar-refractivity contribution >= 4 is 6.29 Å². The molecule has 0 amide bonds. The highest BCUT2D eigenvalue weighted by molar-refractivity contribution is 5.70. The van der Waals surface area contributed by atoms with Gasteiger partial charge < -0.3 is 4.74 Å². The highest BCUT2D eigenvalue weighted by Gasteiger charge is 1.82. The van der Waals surface area contributed by atoms with E-state index in [4.69, 9.17) is 0 Å². The molecular formula is C7H12N2O2. The van der Waals surface area contributed by atoms with E-state index in [-0.39, 0.29) is 0 Å². The molecule has 1 aromatic rings. The van der Waals surface area contributed by atoms with Gasteiger partial charge in [-0.25, -0.2) is 0 Å². The summed E-state index contributed by atoms with van der Waals surface area (Å²) in [6.07, 6.45) is 2.25. The lowest BCUT2D eigenvalue weighted by Gasteiger charge is -1.76. The predicted molar refractivity (Wildman–Crippen MR) is 41.5 cm³/mol. The quantitative estimate of drug-likeness (QED) is 0.646. The lowest BCUT2D eigenvalue weighted by molar-refractivity contribution is 0.111. The van der Waals surface area contributed by atoms with E-state index in [0.717, 1.165) is 6.61 Å². The van der Waals surface area contributed by atoms with Crippen LogP contribution in [-0.2, 0) is 4.74 Å². The van der Waals surface area contributed by atoms with Crippen LogP contribution in [-0.4, -0.2) is 30.2 Å². The van der Waals surface area contributed by atoms with E-state index in [9.17, 15) is 4.79 Å². The van der Waals surface area contributed by atoms with Crippen molar-refractivity contribution in [2.45, 2.75) is 6.92 Å². The highest BCUT2D eigenvalue weighted by atomic mass is 16.5. The van der Waals surface area contributed by atoms with Crippen LogP contribution in [0, 0.1) is 0 Å². The minimum absolute atomic E-state index is 0.514. The van der Waals surface area contributed by atoms with Gasteiger partial charge in [-0.15, -0.1) is 0 Å². The second-order valence-electron chi connectivity index (χ2n) is 1.71. The van der Waals surface area contributed by atoms with Crippen molar-refractivity contribution in [1.82, 2.24) is 10.2 Å². The fraction of sp³-hybridized carbons (Fsp3) is 0.429. The van der Waals surface area contributed by atoms with Crippen LogP contribution in [0.25, 0.3) is 0 Å². The normalized spacial score (nSPS) is 8.18. The van der Waals surface area contributed by atoms with Crippen molar-refractivity contribution < 1.29 is 9.53 Å². The van der Waals surface area contributed by atoms with E-state index in [2.05, 4.69) is 14.9 Å². The third kappa shape index (κ3) is 5.29. The first-order valence-electron chi connectivity index (χ1n) is 3.28. The topological polar surface area (TPSA) is 55.0 Å². The van der Waals surface area contributed by atoms with E-state index in [1.807, 2.05) is 6.92 Å². The van der Waals surface area contributed by atoms with Gasteiger partial charge in [0.25, 0.3) is 0 Å². The summed E-state index contributed by atoms with van der Waals surface area (Å²) in [5.74, 6) is 0. The molecule has 0 aromatic carbocycles. The van der Waals surface area contributed by atoms with Gasteiger partial charge in [-0.1, -0.05) is 0 Å². The largest absolute Gasteiger partial charge is 0.385 e. The average Bonchev–Trinajstić information content (AvgIpc) is 2.56. The van der Waals surface area contributed by atoms with Gasteiger partial charge in [0.1, 0.15) is 0 Å². The van der Waals surface area contributed by atoms with Crippen LogP contribution >= 0.6 is 0 Å². The molecule has 1 rings (SSSR count). The molecule has 0 aliphatic rings. The zero-order chi connectivity index (χ0) is 8.53. The molecule has 0 atom stereocenters. The van der Waals surface area contributed by atoms with Crippen LogP contribution in [0.2, 0.25) is 0 Å². The Labute approximate surface area is 65.6 Å². The maximum absolute atomic E-state index is 9.80. The van der Waals surface area contributed by atoms with Gasteiger partial charge in [-0.2, -0.15) is 5.10 Å². The van der Waals surface area contributed by atoms with Crippen molar-refractivity contribution in [3.8, 4) is 0 Å². The molecule has 0 bridgehead atoms. The molecule has 0 saturated heterocycles. The number of rotatable bonds is 2. The van der Waals surface area contributed by atoms with Crippen molar-refractivity contribution in [1.29, 1.82) is 0 Å². The minimum Gasteiger partial charge on any atom is -0.385 e. The van der Waals surface area contributed by atoms with Crippen LogP contribution in [0.1, 0.15) is 17.4 Å². The molecular weight excluding hydrogens is 144 g/mol. The summed E-state index contributed by atoms with van der Waals surface area (Å²) in [7, 11) is 1.68. The summed E-state index contributed by atoms with van der Waals surface area (Å²) in [4.78, 5) is 9.80. The summed E-state index contributed by atoms with van der Waals surface area (Å²) in [5, 5.41) is 6.01. The molecule has 1 N–H and O–H groups in total. The van der Waals surface area contributed by atoms with E-state index in [1.54, 1.807) is 13.2 Å². The maximum atomic E-state index is 9.80. The fourth-order valence-corrected chi connectivity index (χ4v) is 0.332. The van der Waals surface area contributed by atoms with Crippen molar-refractivity contribution in [2.24, 2.45) is 0 Å². The van der Waals surface area contributed by atoms with E-state index < -0.39 is 0 Å². The summed E-state index contributed by atoms with van der Waals surface area (Å²) in [5.41, 5.74) is 0.514. The molecule has 0 aliphatic heterocycles. The van der Waals surface area contributed by atoms with Crippen LogP contribution in [0.4, 0.5) is 0 Å². The molecule has 0 saturated carbocycles. The molecule has 4 nitrogen and oxygen atoms in total. The smallest absolute Gasteiger partial charge is 0.167 e. The molecule has 0 aliphatic carbocycles. The second kappa shape index (κ2) is 6.95. The Morgan fingerprint density at radius 1 is 1.82 bits per heavy atom. The van der Waals surface area contributed by atoms with E-state index >= 15 is 0 Å². The summed E-state index contributed by atoms with van der Waals surface area (Å²) < 4.78 is 4.54. The fourth-order valence-electron chi connectivity index (χ4n) is 0.332. The Morgan fingerprint density at radius 3 is 2.64 bits per heavy atom. The number of aromatic amines is 1. The monoisotopic (exact) mass is 156 g/mol. The molecule has 4 heteroatoms. The zero-order valence-electron chi connectivity index (χ0n) is 6.70. The number of hydrogen-bond acceptors (Lipinski definition) is 3. The number of H-pyrrole nitrogens is 1. The van der Waals surface area contributed by atoms with Gasteiger partial charge in [0, 0.05) is 19.9 Å². The number of methoxy groups -OCH3 is 1. The Balaban J connectivity index is 0.000000218. The van der Waals surface area contributed by atoms with Gasteiger partial charge in [-0.3, -0.25) is 9.89 Å². The number of nitrogens with zero attached hydrogens (tertiary/aromatic N) is 1. The van der Waals surface area contributed by atoms with Crippen LogP contribution in [0.5, 0.6) is 0 Å². The molecule has 11 heavy (non-hydrogen) atoms. The van der Waals surface area contributed by atoms with Gasteiger partial charge in [0.15, 0.2) is 6.29 Å². The highest BCUT2D eigenvalue weighted by Crippen LogP contribution is 1.81. The first-order valence-corrected chi connectivity index (χ1v) is 3.28. The molecule has 1 aromatic heterocycles. The third-order valence-electron chi connectivity index (χ3n) is 0.938. The molecule has 0 unspecified atom stereocenters. The van der Waals surface area contributed by atoms with Gasteiger partial charge >= 0.3 is 0 Å². The van der Waals surface area contributed by atoms with Crippen LogP contribution in [0.15, 0.2) is 12.3 Å². The number of aldehydes is 1. The molecule has 0 spiro atoms. The minimum atomic E-state index is 0.514. The lowest BCUT2D eigenvalue weighted by Crippen LogP contribution is -1.75. The maximum Gasteiger partial charge on any atom is 0.167 e. The SMILES string of the molecule is CCOC.O=Cc1ccn[nH]1. The van der Waals surface area contributed by atoms with Gasteiger partial charge in [-0.05, 0) is 13.0 Å². The standard InChI is InChI=1S/C4H4N2O.C3H8O/c7-3-4-1-2-5-6-4;1-3-4-2/h1-3H,(H,5,6);3H2,1-2H3. The zero-order valence-corrected chi connectivity index (χ0v) is 6.70. The number of aromatic nitrogens is 2. The molecule has 1 heterocycles. The third-order valence-corrected chi connectivity index (χ3v) is 0.938. The lowest BCUT2D eigenvalue weighted by atomic mass is 10.5. The summed E-state index contributed by atoms with van der Waals surface area (Å²) in [6, 6.07) is 1.60. The number of hydrogen-bond donors (Lipinski definition) is 1. The van der Waals surface area contributed by atoms with Gasteiger partial charge in [0.05, 0.1) is 5.69 Å². The molecule has 0 radical (unpaired) electrons. The Bertz CT molecular complexity index is 171. The Morgan fingerprint density at radius 2 is 2.45 bits per heavy atom. The molecule has 62 valence electrons. The number of ether oxygens (including phenoxy) is 1. The van der Waals surface area contributed by atoms with Gasteiger partial charge in [0.2, 0.25) is 0 Å². The van der Waals surface area contributed by atoms with Crippen LogP contribution < -0.4 is 0 Å². The number of carbonyl (C=O) groups is 1. The number of nitrogens with one attached hydrogen (secondary N) is 1. The average molecular weight is 156 g/mol. The van der Waals surface area contributed by atoms with E-state index in [0.29, 0.717) is 12.0 Å². The van der Waals surface area contributed by atoms with Crippen LogP contribution in [0.3, 0.4) is 0 Å².